The fourth-order valence-corrected chi connectivity index (χ4v) is 3.97. The Morgan fingerprint density at radius 2 is 2.32 bits per heavy atom. The molecule has 16 heteroatoms. The van der Waals surface area contributed by atoms with E-state index in [0.717, 1.165) is 0 Å². The zero-order chi connectivity index (χ0) is 20.6. The standard InChI is InChI=1S/C12H17N5O9P2/c1-16-4-17(9-7(16)10(20)15-12(13)14-9)11-8(19)5(2-18)6(25-11)3-24-28(22,23)26-27-21/h2,4-6,8,11,19,21,27H,3H2,1H3,(H3-,13,14,15,20,22,23)/p+1/t5?,6-,8?,11-/m1/s1. The van der Waals surface area contributed by atoms with E-state index in [1.54, 1.807) is 7.05 Å². The van der Waals surface area contributed by atoms with E-state index in [0.29, 0.717) is 6.29 Å². The van der Waals surface area contributed by atoms with Crippen molar-refractivity contribution in [1.82, 2.24) is 14.5 Å². The van der Waals surface area contributed by atoms with Gasteiger partial charge in [-0.25, -0.2) is 13.4 Å². The Morgan fingerprint density at radius 1 is 1.61 bits per heavy atom. The van der Waals surface area contributed by atoms with E-state index in [9.17, 15) is 24.2 Å². The Labute approximate surface area is 158 Å². The normalized spacial score (nSPS) is 27.6. The number of aryl methyl sites for hydroxylation is 1. The van der Waals surface area contributed by atoms with Crippen molar-refractivity contribution in [2.75, 3.05) is 12.3 Å². The van der Waals surface area contributed by atoms with Crippen molar-refractivity contribution in [3.63, 3.8) is 0 Å². The number of fused-ring (bicyclic) bond motifs is 1. The lowest BCUT2D eigenvalue weighted by Crippen LogP contribution is -2.45. The van der Waals surface area contributed by atoms with Gasteiger partial charge < -0.3 is 30.2 Å². The molecule has 0 spiro atoms. The van der Waals surface area contributed by atoms with E-state index in [2.05, 4.69) is 18.8 Å². The predicted octanol–water partition coefficient (Wildman–Crippen LogP) is -2.16. The summed E-state index contributed by atoms with van der Waals surface area (Å²) in [7, 11) is -4.25. The number of anilines is 1. The molecule has 2 aromatic rings. The highest BCUT2D eigenvalue weighted by atomic mass is 31.2. The molecule has 1 aliphatic heterocycles. The molecule has 6 N–H and O–H groups in total. The lowest BCUT2D eigenvalue weighted by atomic mass is 10.0. The van der Waals surface area contributed by atoms with Crippen LogP contribution in [0.3, 0.4) is 0 Å². The van der Waals surface area contributed by atoms with Crippen LogP contribution in [0.2, 0.25) is 0 Å². The zero-order valence-electron chi connectivity index (χ0n) is 14.3. The van der Waals surface area contributed by atoms with E-state index in [-0.39, 0.29) is 17.1 Å². The number of nitrogens with one attached hydrogen (secondary N) is 1. The Morgan fingerprint density at radius 3 is 2.96 bits per heavy atom. The minimum atomic E-state index is -4.54. The van der Waals surface area contributed by atoms with Crippen LogP contribution in [0.1, 0.15) is 6.23 Å². The summed E-state index contributed by atoms with van der Waals surface area (Å²) in [6.07, 6.45) is -1.78. The molecule has 154 valence electrons. The van der Waals surface area contributed by atoms with E-state index in [1.165, 1.54) is 15.5 Å². The quantitative estimate of drug-likeness (QED) is 0.179. The van der Waals surface area contributed by atoms with Crippen LogP contribution in [-0.4, -0.2) is 54.5 Å². The third-order valence-corrected chi connectivity index (χ3v) is 5.93. The largest absolute Gasteiger partial charge is 0.477 e. The molecular weight excluding hydrogens is 420 g/mol. The van der Waals surface area contributed by atoms with E-state index in [1.807, 2.05) is 0 Å². The van der Waals surface area contributed by atoms with Gasteiger partial charge in [-0.15, -0.1) is 0 Å². The van der Waals surface area contributed by atoms with Crippen LogP contribution in [0.15, 0.2) is 11.1 Å². The number of aliphatic hydroxyl groups excluding tert-OH is 1. The van der Waals surface area contributed by atoms with Gasteiger partial charge in [0, 0.05) is 0 Å². The van der Waals surface area contributed by atoms with Crippen LogP contribution in [0, 0.1) is 5.92 Å². The highest BCUT2D eigenvalue weighted by Gasteiger charge is 2.48. The number of carbonyl (C=O) groups is 1. The molecule has 0 saturated carbocycles. The van der Waals surface area contributed by atoms with Crippen molar-refractivity contribution in [2.45, 2.75) is 18.4 Å². The van der Waals surface area contributed by atoms with Gasteiger partial charge in [0.15, 0.2) is 15.4 Å². The molecule has 0 bridgehead atoms. The Kier molecular flexibility index (Phi) is 5.94. The van der Waals surface area contributed by atoms with Crippen molar-refractivity contribution in [1.29, 1.82) is 0 Å². The van der Waals surface area contributed by atoms with Gasteiger partial charge in [0.2, 0.25) is 11.7 Å². The van der Waals surface area contributed by atoms with Gasteiger partial charge in [-0.2, -0.15) is 0 Å². The number of aromatic amines is 1. The molecule has 28 heavy (non-hydrogen) atoms. The summed E-state index contributed by atoms with van der Waals surface area (Å²) < 4.78 is 28.8. The first-order valence-corrected chi connectivity index (χ1v) is 10.1. The summed E-state index contributed by atoms with van der Waals surface area (Å²) in [6, 6.07) is 0. The molecule has 0 radical (unpaired) electrons. The van der Waals surface area contributed by atoms with E-state index in [4.69, 9.17) is 15.4 Å². The van der Waals surface area contributed by atoms with Crippen LogP contribution in [0.25, 0.3) is 11.2 Å². The van der Waals surface area contributed by atoms with Crippen LogP contribution in [0.4, 0.5) is 5.95 Å². The van der Waals surface area contributed by atoms with Gasteiger partial charge in [-0.1, -0.05) is 4.98 Å². The second kappa shape index (κ2) is 7.93. The van der Waals surface area contributed by atoms with Crippen LogP contribution >= 0.6 is 16.9 Å². The summed E-state index contributed by atoms with van der Waals surface area (Å²) in [5.41, 5.74) is 5.34. The van der Waals surface area contributed by atoms with Gasteiger partial charge in [0.1, 0.15) is 12.4 Å². The minimum absolute atomic E-state index is 0.108. The monoisotopic (exact) mass is 438 g/mol. The van der Waals surface area contributed by atoms with Crippen molar-refractivity contribution in [3.05, 3.63) is 16.7 Å². The number of carbonyl (C=O) groups excluding carboxylic acids is 1. The number of ether oxygens (including phenoxy) is 1. The molecule has 2 aromatic heterocycles. The fourth-order valence-electron chi connectivity index (χ4n) is 3.01. The zero-order valence-corrected chi connectivity index (χ0v) is 16.2. The van der Waals surface area contributed by atoms with Gasteiger partial charge in [0.05, 0.1) is 25.7 Å². The summed E-state index contributed by atoms with van der Waals surface area (Å²) in [6.45, 7) is -0.573. The van der Waals surface area contributed by atoms with Gasteiger partial charge >= 0.3 is 13.5 Å². The number of nitrogen functional groups attached to an aromatic ring is 1. The average molecular weight is 438 g/mol. The smallest absolute Gasteiger partial charge is 0.386 e. The number of H-pyrrole nitrogens is 1. The maximum atomic E-state index is 12.1. The molecule has 1 aliphatic rings. The fraction of sp³-hybridized carbons (Fsp3) is 0.500. The Balaban J connectivity index is 1.92. The predicted molar refractivity (Wildman–Crippen MR) is 92.8 cm³/mol. The number of aldehydes is 1. The number of phosphoric acid groups is 1. The number of rotatable bonds is 7. The summed E-state index contributed by atoms with van der Waals surface area (Å²) >= 11 is 0. The maximum Gasteiger partial charge on any atom is 0.477 e. The van der Waals surface area contributed by atoms with Crippen molar-refractivity contribution in [3.8, 4) is 0 Å². The van der Waals surface area contributed by atoms with Crippen molar-refractivity contribution < 1.29 is 42.4 Å². The number of nitrogens with two attached hydrogens (primary N) is 1. The average Bonchev–Trinajstić information content (AvgIpc) is 3.09. The second-order valence-corrected chi connectivity index (χ2v) is 8.08. The van der Waals surface area contributed by atoms with Gasteiger partial charge in [-0.3, -0.25) is 18.9 Å². The van der Waals surface area contributed by atoms with Crippen molar-refractivity contribution in [2.24, 2.45) is 13.0 Å². The molecule has 0 amide bonds. The van der Waals surface area contributed by atoms with Crippen LogP contribution < -0.4 is 15.9 Å². The lowest BCUT2D eigenvalue weighted by molar-refractivity contribution is -0.745. The number of hydrogen-bond acceptors (Lipinski definition) is 10. The molecule has 3 rings (SSSR count). The third-order valence-electron chi connectivity index (χ3n) is 4.21. The van der Waals surface area contributed by atoms with E-state index < -0.39 is 53.4 Å². The minimum Gasteiger partial charge on any atom is -0.386 e. The Hall–Kier alpha value is -1.76. The number of aromatic nitrogens is 4. The third kappa shape index (κ3) is 3.86. The second-order valence-electron chi connectivity index (χ2n) is 5.97. The van der Waals surface area contributed by atoms with Gasteiger partial charge in [0.25, 0.3) is 11.5 Å². The van der Waals surface area contributed by atoms with Crippen LogP contribution in [0.5, 0.6) is 0 Å². The highest BCUT2D eigenvalue weighted by molar-refractivity contribution is 7.54. The first kappa shape index (κ1) is 21.0. The SMILES string of the molecule is Cn1c[n+]([C@@H]2O[C@H](COP(=O)(O)OPO)C(C=O)C2O)c2nc(N)[nH]c(=O)c21. The first-order valence-electron chi connectivity index (χ1n) is 7.78. The molecule has 4 unspecified atom stereocenters. The maximum absolute atomic E-state index is 12.1. The summed E-state index contributed by atoms with van der Waals surface area (Å²) in [5, 5.41) is 10.5. The molecule has 14 nitrogen and oxygen atoms in total. The summed E-state index contributed by atoms with van der Waals surface area (Å²) in [4.78, 5) is 47.9. The molecule has 1 saturated heterocycles. The van der Waals surface area contributed by atoms with Crippen molar-refractivity contribution >= 4 is 40.3 Å². The molecule has 0 aromatic carbocycles. The number of aliphatic hydroxyl groups is 1. The van der Waals surface area contributed by atoms with E-state index >= 15 is 0 Å². The number of hydrogen-bond donors (Lipinski definition) is 5. The number of phosphoric ester groups is 1. The topological polar surface area (TPSA) is 203 Å². The number of nitrogens with zero attached hydrogens (tertiary/aromatic N) is 3. The molecular formula is C12H18N5O9P2+. The molecule has 1 fully saturated rings. The first-order chi connectivity index (χ1) is 13.2. The lowest BCUT2D eigenvalue weighted by Gasteiger charge is -2.16. The number of imidazole rings is 1. The van der Waals surface area contributed by atoms with Crippen LogP contribution in [-0.2, 0) is 30.0 Å². The Bertz CT molecular complexity index is 994. The summed E-state index contributed by atoms with van der Waals surface area (Å²) in [5.74, 6) is -1.26. The molecule has 3 heterocycles. The molecule has 0 aliphatic carbocycles. The van der Waals surface area contributed by atoms with Gasteiger partial charge in [-0.05, 0) is 0 Å². The highest BCUT2D eigenvalue weighted by Crippen LogP contribution is 2.49. The molecule has 6 atom stereocenters.